The molecule has 1 aliphatic heterocycles. The maximum absolute atomic E-state index is 12.4. The van der Waals surface area contributed by atoms with E-state index >= 15 is 0 Å². The Balaban J connectivity index is 1.53. The zero-order valence-electron chi connectivity index (χ0n) is 14.1. The fourth-order valence-electron chi connectivity index (χ4n) is 2.79. The highest BCUT2D eigenvalue weighted by Crippen LogP contribution is 2.12. The summed E-state index contributed by atoms with van der Waals surface area (Å²) in [6.45, 7) is 4.04. The van der Waals surface area contributed by atoms with E-state index in [0.29, 0.717) is 32.1 Å². The lowest BCUT2D eigenvalue weighted by Crippen LogP contribution is -2.53. The highest BCUT2D eigenvalue weighted by Gasteiger charge is 2.27. The van der Waals surface area contributed by atoms with Gasteiger partial charge < -0.3 is 15.1 Å². The maximum atomic E-state index is 12.4. The summed E-state index contributed by atoms with van der Waals surface area (Å²) < 4.78 is 0. The lowest BCUT2D eigenvalue weighted by Gasteiger charge is -2.34. The van der Waals surface area contributed by atoms with Crippen molar-refractivity contribution in [1.82, 2.24) is 20.2 Å². The number of carbonyl (C=O) groups excluding carboxylic acids is 2. The van der Waals surface area contributed by atoms with Crippen LogP contribution in [0.15, 0.2) is 48.8 Å². The maximum Gasteiger partial charge on any atom is 0.312 e. The molecule has 1 unspecified atom stereocenters. The molecule has 3 rings (SSSR count). The molecule has 7 heteroatoms. The summed E-state index contributed by atoms with van der Waals surface area (Å²) in [5.74, 6) is -0.408. The molecule has 1 atom stereocenters. The minimum atomic E-state index is -0.569. The molecule has 1 aliphatic rings. The van der Waals surface area contributed by atoms with Gasteiger partial charge in [0, 0.05) is 38.6 Å². The SMILES string of the molecule is CC(NC(=O)C(=O)N1CCN(c2ncccn2)CC1)c1ccccc1. The zero-order valence-corrected chi connectivity index (χ0v) is 14.1. The van der Waals surface area contributed by atoms with Gasteiger partial charge in [-0.25, -0.2) is 9.97 Å². The number of aromatic nitrogens is 2. The first-order valence-corrected chi connectivity index (χ1v) is 8.32. The van der Waals surface area contributed by atoms with Crippen LogP contribution in [0, 0.1) is 0 Å². The van der Waals surface area contributed by atoms with E-state index in [2.05, 4.69) is 15.3 Å². The summed E-state index contributed by atoms with van der Waals surface area (Å²) in [7, 11) is 0. The average molecular weight is 339 g/mol. The number of rotatable bonds is 3. The van der Waals surface area contributed by atoms with Gasteiger partial charge in [-0.1, -0.05) is 30.3 Å². The number of nitrogens with zero attached hydrogens (tertiary/aromatic N) is 4. The largest absolute Gasteiger partial charge is 0.341 e. The number of piperazine rings is 1. The van der Waals surface area contributed by atoms with Gasteiger partial charge in [-0.05, 0) is 18.6 Å². The van der Waals surface area contributed by atoms with Crippen LogP contribution in [0.5, 0.6) is 0 Å². The van der Waals surface area contributed by atoms with Crippen LogP contribution in [-0.4, -0.2) is 52.9 Å². The Morgan fingerprint density at radius 1 is 1.00 bits per heavy atom. The number of hydrogen-bond donors (Lipinski definition) is 1. The molecule has 2 amide bonds. The Hall–Kier alpha value is -2.96. The van der Waals surface area contributed by atoms with Gasteiger partial charge in [-0.15, -0.1) is 0 Å². The first-order valence-electron chi connectivity index (χ1n) is 8.32. The van der Waals surface area contributed by atoms with E-state index < -0.39 is 11.8 Å². The summed E-state index contributed by atoms with van der Waals surface area (Å²) in [5.41, 5.74) is 0.967. The summed E-state index contributed by atoms with van der Waals surface area (Å²) in [6.07, 6.45) is 3.39. The van der Waals surface area contributed by atoms with Crippen molar-refractivity contribution in [3.8, 4) is 0 Å². The van der Waals surface area contributed by atoms with Crippen LogP contribution in [0.25, 0.3) is 0 Å². The van der Waals surface area contributed by atoms with Crippen LogP contribution < -0.4 is 10.2 Å². The average Bonchev–Trinajstić information content (AvgIpc) is 2.69. The minimum absolute atomic E-state index is 0.211. The number of nitrogens with one attached hydrogen (secondary N) is 1. The number of benzene rings is 1. The molecule has 7 nitrogen and oxygen atoms in total. The molecular formula is C18H21N5O2. The Morgan fingerprint density at radius 3 is 2.28 bits per heavy atom. The lowest BCUT2D eigenvalue weighted by molar-refractivity contribution is -0.146. The third kappa shape index (κ3) is 4.12. The van der Waals surface area contributed by atoms with Crippen molar-refractivity contribution in [1.29, 1.82) is 0 Å². The summed E-state index contributed by atoms with van der Waals surface area (Å²) >= 11 is 0. The number of anilines is 1. The van der Waals surface area contributed by atoms with Crippen LogP contribution >= 0.6 is 0 Å². The Kier molecular flexibility index (Phi) is 5.23. The monoisotopic (exact) mass is 339 g/mol. The van der Waals surface area contributed by atoms with Crippen molar-refractivity contribution in [3.63, 3.8) is 0 Å². The van der Waals surface area contributed by atoms with E-state index in [0.717, 1.165) is 5.56 Å². The van der Waals surface area contributed by atoms with Crippen LogP contribution in [0.4, 0.5) is 5.95 Å². The van der Waals surface area contributed by atoms with Crippen LogP contribution in [-0.2, 0) is 9.59 Å². The second-order valence-electron chi connectivity index (χ2n) is 5.93. The predicted octanol–water partition coefficient (Wildman–Crippen LogP) is 1.00. The number of carbonyl (C=O) groups is 2. The molecule has 2 heterocycles. The van der Waals surface area contributed by atoms with E-state index in [1.807, 2.05) is 42.2 Å². The Bertz CT molecular complexity index is 715. The smallest absolute Gasteiger partial charge is 0.312 e. The van der Waals surface area contributed by atoms with Crippen molar-refractivity contribution in [3.05, 3.63) is 54.4 Å². The molecule has 0 bridgehead atoms. The lowest BCUT2D eigenvalue weighted by atomic mass is 10.1. The molecule has 1 N–H and O–H groups in total. The van der Waals surface area contributed by atoms with Crippen LogP contribution in [0.2, 0.25) is 0 Å². The molecule has 1 aromatic carbocycles. The van der Waals surface area contributed by atoms with Crippen LogP contribution in [0.3, 0.4) is 0 Å². The van der Waals surface area contributed by atoms with Gasteiger partial charge in [0.05, 0.1) is 6.04 Å². The van der Waals surface area contributed by atoms with Gasteiger partial charge in [0.1, 0.15) is 0 Å². The first kappa shape index (κ1) is 16.9. The van der Waals surface area contributed by atoms with E-state index in [1.165, 1.54) is 0 Å². The molecule has 0 aliphatic carbocycles. The number of amides is 2. The van der Waals surface area contributed by atoms with Crippen molar-refractivity contribution < 1.29 is 9.59 Å². The molecule has 2 aromatic rings. The van der Waals surface area contributed by atoms with Crippen molar-refractivity contribution in [2.45, 2.75) is 13.0 Å². The van der Waals surface area contributed by atoms with Gasteiger partial charge in [-0.3, -0.25) is 9.59 Å². The molecule has 1 aromatic heterocycles. The van der Waals surface area contributed by atoms with E-state index in [1.54, 1.807) is 23.4 Å². The molecule has 0 saturated carbocycles. The quantitative estimate of drug-likeness (QED) is 0.844. The fraction of sp³-hybridized carbons (Fsp3) is 0.333. The molecule has 130 valence electrons. The Morgan fingerprint density at radius 2 is 1.64 bits per heavy atom. The fourth-order valence-corrected chi connectivity index (χ4v) is 2.79. The van der Waals surface area contributed by atoms with Gasteiger partial charge in [0.15, 0.2) is 0 Å². The highest BCUT2D eigenvalue weighted by molar-refractivity contribution is 6.35. The minimum Gasteiger partial charge on any atom is -0.341 e. The van der Waals surface area contributed by atoms with Crippen molar-refractivity contribution >= 4 is 17.8 Å². The second-order valence-corrected chi connectivity index (χ2v) is 5.93. The predicted molar refractivity (Wildman–Crippen MR) is 93.8 cm³/mol. The molecule has 0 radical (unpaired) electrons. The number of hydrogen-bond acceptors (Lipinski definition) is 5. The van der Waals surface area contributed by atoms with E-state index in [-0.39, 0.29) is 6.04 Å². The molecule has 0 spiro atoms. The van der Waals surface area contributed by atoms with Gasteiger partial charge in [0.2, 0.25) is 5.95 Å². The normalized spacial score (nSPS) is 15.6. The molecule has 25 heavy (non-hydrogen) atoms. The second kappa shape index (κ2) is 7.74. The van der Waals surface area contributed by atoms with Gasteiger partial charge in [0.25, 0.3) is 0 Å². The molecule has 1 fully saturated rings. The summed E-state index contributed by atoms with van der Waals surface area (Å²) in [5, 5.41) is 2.77. The Labute approximate surface area is 146 Å². The highest BCUT2D eigenvalue weighted by atomic mass is 16.2. The van der Waals surface area contributed by atoms with E-state index in [4.69, 9.17) is 0 Å². The zero-order chi connectivity index (χ0) is 17.6. The summed E-state index contributed by atoms with van der Waals surface area (Å²) in [6, 6.07) is 11.1. The third-order valence-electron chi connectivity index (χ3n) is 4.24. The molecule has 1 saturated heterocycles. The molecular weight excluding hydrogens is 318 g/mol. The van der Waals surface area contributed by atoms with Crippen molar-refractivity contribution in [2.75, 3.05) is 31.1 Å². The van der Waals surface area contributed by atoms with Gasteiger partial charge >= 0.3 is 11.8 Å². The summed E-state index contributed by atoms with van der Waals surface area (Å²) in [4.78, 5) is 36.6. The van der Waals surface area contributed by atoms with E-state index in [9.17, 15) is 9.59 Å². The van der Waals surface area contributed by atoms with Crippen molar-refractivity contribution in [2.24, 2.45) is 0 Å². The third-order valence-corrected chi connectivity index (χ3v) is 4.24. The van der Waals surface area contributed by atoms with Crippen LogP contribution in [0.1, 0.15) is 18.5 Å². The first-order chi connectivity index (χ1) is 12.1. The van der Waals surface area contributed by atoms with Gasteiger partial charge in [-0.2, -0.15) is 0 Å². The topological polar surface area (TPSA) is 78.4 Å². The standard InChI is InChI=1S/C18H21N5O2/c1-14(15-6-3-2-4-7-15)21-16(24)17(25)22-10-12-23(13-11-22)18-19-8-5-9-20-18/h2-9,14H,10-13H2,1H3,(H,21,24).